The Bertz CT molecular complexity index is 5090. The molecule has 3 fully saturated rings. The molecule has 4 N–H and O–H groups in total. The molecule has 524 valence electrons. The van der Waals surface area contributed by atoms with Gasteiger partial charge >= 0.3 is 5.97 Å². The van der Waals surface area contributed by atoms with E-state index in [-0.39, 0.29) is 72.1 Å². The van der Waals surface area contributed by atoms with Crippen LogP contribution >= 0.6 is 0 Å². The van der Waals surface area contributed by atoms with E-state index in [4.69, 9.17) is 20.7 Å². The third-order valence-corrected chi connectivity index (χ3v) is 18.7. The zero-order valence-electron chi connectivity index (χ0n) is 57.5. The first-order chi connectivity index (χ1) is 49.8. The van der Waals surface area contributed by atoms with Crippen LogP contribution in [0.1, 0.15) is 104 Å². The van der Waals surface area contributed by atoms with Crippen LogP contribution in [0.4, 0.5) is 4.39 Å². The Morgan fingerprint density at radius 1 is 0.451 bits per heavy atom. The topological polar surface area (TPSA) is 310 Å². The van der Waals surface area contributed by atoms with Gasteiger partial charge in [0.2, 0.25) is 0 Å². The average Bonchev–Trinajstić information content (AvgIpc) is 0.764. The molecule has 6 aromatic carbocycles. The van der Waals surface area contributed by atoms with Crippen LogP contribution in [0.5, 0.6) is 0 Å². The van der Waals surface area contributed by atoms with Crippen molar-refractivity contribution in [2.45, 2.75) is 75.0 Å². The van der Waals surface area contributed by atoms with Gasteiger partial charge in [0.15, 0.2) is 0 Å². The number of carbonyl (C=O) groups excluding carboxylic acids is 2. The lowest BCUT2D eigenvalue weighted by Crippen LogP contribution is -2.39. The van der Waals surface area contributed by atoms with Crippen molar-refractivity contribution in [3.63, 3.8) is 0 Å². The van der Waals surface area contributed by atoms with Gasteiger partial charge in [-0.2, -0.15) is 0 Å². The van der Waals surface area contributed by atoms with Crippen molar-refractivity contribution in [3.05, 3.63) is 246 Å². The Labute approximate surface area is 584 Å². The lowest BCUT2D eigenvalue weighted by Gasteiger charge is -2.29. The summed E-state index contributed by atoms with van der Waals surface area (Å²) in [5, 5.41) is 47.4. The van der Waals surface area contributed by atoms with Crippen molar-refractivity contribution >= 4 is 82.8 Å². The summed E-state index contributed by atoms with van der Waals surface area (Å²) in [6.45, 7) is 2.07. The first kappa shape index (κ1) is 69.5. The maximum atomic E-state index is 13.5. The molecule has 6 aromatic heterocycles. The smallest absolute Gasteiger partial charge is 0.354 e. The SMILES string of the molecule is CN(C)C(=O)c1ccc(Cc2cc3c(=O)n([C@H]4CCOC[C@@H]4O)cnc3c3ccccc23)cn1.CN(C)C(=O)c1ccc(Cc2cc3c(=O)n([C@H]4CCOC[C@@H]4O)cnc3c3ccccc23)cn1.O=C(O)c1ccc(Cc2cc3c(=O)n([C@H]4CCOC[C@@H]4O)cnc3c3ccccc23)cn1.[2H]CF. The summed E-state index contributed by atoms with van der Waals surface area (Å²) >= 11 is 0. The summed E-state index contributed by atoms with van der Waals surface area (Å²) in [6.07, 6.45) is 10.5. The number of carbonyl (C=O) groups is 3. The van der Waals surface area contributed by atoms with Crippen molar-refractivity contribution in [3.8, 4) is 0 Å². The minimum Gasteiger partial charge on any atom is -0.477 e. The first-order valence-electron chi connectivity index (χ1n) is 33.9. The number of aliphatic hydroxyl groups is 3. The number of amides is 2. The molecular weight excluding hydrogens is 1310 g/mol. The first-order valence-corrected chi connectivity index (χ1v) is 33.2. The number of pyridine rings is 3. The molecule has 9 heterocycles. The monoisotopic (exact) mass is 1380 g/mol. The third kappa shape index (κ3) is 14.8. The van der Waals surface area contributed by atoms with Crippen molar-refractivity contribution in [1.29, 1.82) is 0 Å². The zero-order chi connectivity index (χ0) is 72.6. The Hall–Kier alpha value is -10.9. The molecule has 15 rings (SSSR count). The number of aliphatic hydroxyl groups excluding tert-OH is 3. The van der Waals surface area contributed by atoms with E-state index in [2.05, 4.69) is 29.9 Å². The predicted octanol–water partition coefficient (Wildman–Crippen LogP) is 8.26. The van der Waals surface area contributed by atoms with Crippen LogP contribution in [0, 0.1) is 0 Å². The van der Waals surface area contributed by atoms with E-state index in [1.54, 1.807) is 77.6 Å². The molecule has 3 saturated heterocycles. The van der Waals surface area contributed by atoms with Crippen LogP contribution in [0.3, 0.4) is 0 Å². The van der Waals surface area contributed by atoms with Gasteiger partial charge in [-0.1, -0.05) is 91.0 Å². The van der Waals surface area contributed by atoms with Gasteiger partial charge in [-0.25, -0.2) is 24.7 Å². The molecule has 0 spiro atoms. The minimum atomic E-state index is -1.07. The largest absolute Gasteiger partial charge is 0.477 e. The van der Waals surface area contributed by atoms with Gasteiger partial charge in [0.25, 0.3) is 28.5 Å². The molecular formula is C77H76FN11O13. The normalized spacial score (nSPS) is 18.3. The number of halogens is 1. The number of alkyl halides is 1. The Balaban J connectivity index is 0.000000143. The van der Waals surface area contributed by atoms with E-state index >= 15 is 0 Å². The highest BCUT2D eigenvalue weighted by Gasteiger charge is 2.31. The molecule has 0 bridgehead atoms. The molecule has 102 heavy (non-hydrogen) atoms. The summed E-state index contributed by atoms with van der Waals surface area (Å²) in [5.41, 5.74) is 7.69. The number of aromatic carboxylic acids is 1. The fraction of sp³-hybridized carbons (Fsp3) is 0.299. The number of hydrogen-bond donors (Lipinski definition) is 4. The quantitative estimate of drug-likeness (QED) is 0.0836. The van der Waals surface area contributed by atoms with Crippen molar-refractivity contribution in [2.24, 2.45) is 0 Å². The molecule has 0 unspecified atom stereocenters. The average molecular weight is 1380 g/mol. The van der Waals surface area contributed by atoms with Gasteiger partial charge in [-0.3, -0.25) is 52.0 Å². The van der Waals surface area contributed by atoms with Gasteiger partial charge in [0.05, 0.1) is 116 Å². The van der Waals surface area contributed by atoms with E-state index in [0.29, 0.717) is 102 Å². The number of fused-ring (bicyclic) bond motifs is 9. The maximum Gasteiger partial charge on any atom is 0.354 e. The molecule has 3 aliphatic heterocycles. The van der Waals surface area contributed by atoms with Gasteiger partial charge in [0, 0.05) is 82.8 Å². The fourth-order valence-corrected chi connectivity index (χ4v) is 13.5. The third-order valence-electron chi connectivity index (χ3n) is 18.7. The van der Waals surface area contributed by atoms with Crippen molar-refractivity contribution in [2.75, 3.05) is 75.0 Å². The van der Waals surface area contributed by atoms with E-state index < -0.39 is 31.4 Å². The summed E-state index contributed by atoms with van der Waals surface area (Å²) in [6, 6.07) is 38.5. The van der Waals surface area contributed by atoms with Gasteiger partial charge in [-0.15, -0.1) is 0 Å². The molecule has 6 atom stereocenters. The standard InChI is InChI=1S/2C26H26N4O4.C24H21N3O5.CH3F/c2*1-29(2)26(33)21-8-7-16(13-27-21)11-17-12-20-24(19-6-4-3-5-18(17)19)28-15-30(25(20)32)22-9-10-34-14-23(22)31;28-21-12-32-8-7-20(21)27-13-26-22-17-4-2-1-3-16(17)15(10-18(22)23(27)29)9-14-5-6-19(24(30)31)25-11-14;1-2/h2*3-8,12-13,15,22-23,31H,9-11,14H2,1-2H3;1-6,10-11,13,20-21,28H,7-9,12H2,(H,30,31);1H3/t2*22-,23-;20-,21-;/m000./s1/i;;;1D. The summed E-state index contributed by atoms with van der Waals surface area (Å²) < 4.78 is 36.0. The van der Waals surface area contributed by atoms with Crippen LogP contribution in [0.2, 0.25) is 0 Å². The van der Waals surface area contributed by atoms with E-state index in [9.17, 15) is 48.5 Å². The fourth-order valence-electron chi connectivity index (χ4n) is 13.5. The molecule has 0 saturated carbocycles. The van der Waals surface area contributed by atoms with Crippen LogP contribution < -0.4 is 16.7 Å². The summed E-state index contributed by atoms with van der Waals surface area (Å²) in [4.78, 5) is 105. The van der Waals surface area contributed by atoms with Crippen molar-refractivity contribution < 1.29 is 54.8 Å². The molecule has 3 aliphatic rings. The maximum absolute atomic E-state index is 13.5. The second-order valence-corrected chi connectivity index (χ2v) is 25.7. The van der Waals surface area contributed by atoms with Crippen LogP contribution in [0.25, 0.3) is 65.0 Å². The number of hydrogen-bond acceptors (Lipinski definition) is 18. The van der Waals surface area contributed by atoms with Crippen LogP contribution in [0.15, 0.2) is 179 Å². The number of carboxylic acids is 1. The van der Waals surface area contributed by atoms with Gasteiger partial charge < -0.3 is 44.4 Å². The van der Waals surface area contributed by atoms with Gasteiger partial charge in [-0.05, 0) is 124 Å². The number of rotatable bonds is 12. The molecule has 0 aliphatic carbocycles. The number of carboxylic acid groups (broad SMARTS) is 1. The van der Waals surface area contributed by atoms with E-state index in [1.807, 2.05) is 103 Å². The number of benzene rings is 6. The highest BCUT2D eigenvalue weighted by atomic mass is 19.1. The van der Waals surface area contributed by atoms with E-state index in [1.165, 1.54) is 35.9 Å². The zero-order valence-corrected chi connectivity index (χ0v) is 56.5. The highest BCUT2D eigenvalue weighted by Crippen LogP contribution is 2.33. The number of aromatic nitrogens is 9. The van der Waals surface area contributed by atoms with Crippen LogP contribution in [-0.2, 0) is 33.5 Å². The second-order valence-electron chi connectivity index (χ2n) is 25.7. The van der Waals surface area contributed by atoms with E-state index in [0.717, 1.165) is 65.7 Å². The Morgan fingerprint density at radius 3 is 0.990 bits per heavy atom. The van der Waals surface area contributed by atoms with Crippen LogP contribution in [-0.4, -0.2) is 185 Å². The lowest BCUT2D eigenvalue weighted by atomic mass is 9.96. The Morgan fingerprint density at radius 2 is 0.735 bits per heavy atom. The lowest BCUT2D eigenvalue weighted by molar-refractivity contribution is -0.0395. The second kappa shape index (κ2) is 31.3. The minimum absolute atomic E-state index is 0.0146. The van der Waals surface area contributed by atoms with Crippen molar-refractivity contribution in [1.82, 2.24) is 53.4 Å². The predicted molar refractivity (Wildman–Crippen MR) is 383 cm³/mol. The molecule has 12 aromatic rings. The molecule has 25 heteroatoms. The van der Waals surface area contributed by atoms with Gasteiger partial charge in [0.1, 0.15) is 17.1 Å². The molecule has 24 nitrogen and oxygen atoms in total. The Kier molecular flexibility index (Phi) is 21.3. The summed E-state index contributed by atoms with van der Waals surface area (Å²) in [5.74, 6) is -1.37. The number of ether oxygens (including phenoxy) is 3. The highest BCUT2D eigenvalue weighted by molar-refractivity contribution is 6.09. The number of nitrogens with zero attached hydrogens (tertiary/aromatic N) is 11. The molecule has 0 radical (unpaired) electrons. The summed E-state index contributed by atoms with van der Waals surface area (Å²) in [7, 11) is 5.77. The molecule has 2 amide bonds.